The number of nitrogens with one attached hydrogen (secondary N) is 3. The number of nitrogens with zero attached hydrogens (tertiary/aromatic N) is 1. The minimum atomic E-state index is -0.859. The van der Waals surface area contributed by atoms with Crippen LogP contribution in [0.15, 0.2) is 60.7 Å². The highest BCUT2D eigenvalue weighted by Crippen LogP contribution is 2.12. The molecule has 2 aromatic carbocycles. The molecule has 1 aliphatic rings. The minimum absolute atomic E-state index is 0.0119. The Bertz CT molecular complexity index is 1760. The normalized spacial score (nSPS) is 12.5. The number of carbonyl (C=O) groups excluding carboxylic acids is 10. The van der Waals surface area contributed by atoms with Crippen molar-refractivity contribution >= 4 is 59.3 Å². The molecule has 0 saturated carbocycles. The molecule has 2 atom stereocenters. The first kappa shape index (κ1) is 53.3. The van der Waals surface area contributed by atoms with Gasteiger partial charge in [-0.15, -0.1) is 5.06 Å². The van der Waals surface area contributed by atoms with E-state index < -0.39 is 53.9 Å². The first-order valence-corrected chi connectivity index (χ1v) is 20.1. The molecule has 0 bridgehead atoms. The summed E-state index contributed by atoms with van der Waals surface area (Å²) in [5, 5.41) is 8.24. The van der Waals surface area contributed by atoms with Crippen molar-refractivity contribution in [3.05, 3.63) is 71.8 Å². The number of hydroxylamine groups is 2. The van der Waals surface area contributed by atoms with E-state index in [1.54, 1.807) is 0 Å². The molecule has 1 fully saturated rings. The number of carbonyl (C=O) groups is 10. The molecule has 3 rings (SSSR count). The van der Waals surface area contributed by atoms with Gasteiger partial charge in [-0.25, -0.2) is 14.4 Å². The van der Waals surface area contributed by atoms with Gasteiger partial charge in [0.25, 0.3) is 11.8 Å². The van der Waals surface area contributed by atoms with E-state index in [4.69, 9.17) is 26.7 Å². The van der Waals surface area contributed by atoms with Crippen LogP contribution in [0.2, 0.25) is 0 Å². The summed E-state index contributed by atoms with van der Waals surface area (Å²) in [7, 11) is 0. The number of rotatable bonds is 24. The van der Waals surface area contributed by atoms with Crippen LogP contribution in [0.25, 0.3) is 0 Å². The van der Waals surface area contributed by atoms with E-state index in [0.717, 1.165) is 24.5 Å². The summed E-state index contributed by atoms with van der Waals surface area (Å²) in [6.45, 7) is 3.99. The highest BCUT2D eigenvalue weighted by atomic mass is 16.7. The summed E-state index contributed by atoms with van der Waals surface area (Å²) in [6.07, 6.45) is 1.64. The maximum atomic E-state index is 12.4. The third kappa shape index (κ3) is 25.0. The Hall–Kier alpha value is -6.70. The van der Waals surface area contributed by atoms with E-state index in [1.165, 1.54) is 0 Å². The van der Waals surface area contributed by atoms with Crippen LogP contribution in [0.5, 0.6) is 0 Å². The molecule has 0 unspecified atom stereocenters. The second-order valence-electron chi connectivity index (χ2n) is 13.7. The number of imide groups is 1. The first-order valence-electron chi connectivity index (χ1n) is 20.1. The Morgan fingerprint density at radius 1 is 0.661 bits per heavy atom. The summed E-state index contributed by atoms with van der Waals surface area (Å²) in [4.78, 5) is 118. The average Bonchev–Trinajstić information content (AvgIpc) is 3.55. The molecule has 1 saturated heterocycles. The second kappa shape index (κ2) is 31.2. The van der Waals surface area contributed by atoms with Crippen LogP contribution >= 0.6 is 0 Å². The number of hydrogen-bond donors (Lipinski definition) is 6. The standard InChI is InChI=1S/C20H29N3O5.C16H23N3O4.C6H7NO4/c1-2-7-19(26)22-13-6-10-17(24)16(11-12-18(21)25)23-20(27)28-14-15-8-4-3-5-9-15;17-10-4-7-14(20)13(8-9-15(18)21)19-16(22)23-11-12-5-2-1-3-6-12;1-4(8)11-7-5(9)2-3-6(7)10/h3-5,8-9,16H,2,6-7,10-14H2,1H3,(H2,21,25)(H,22,26)(H,23,27);1-3,5-6,13H,4,7-11,17H2,(H2,18,21)(H,19,22);2-3H2,1H3/t16-;13-;/m00./s1. The number of nitrogens with two attached hydrogens (primary N) is 3. The number of ketones is 2. The van der Waals surface area contributed by atoms with Crippen molar-refractivity contribution in [1.82, 2.24) is 21.0 Å². The van der Waals surface area contributed by atoms with Gasteiger partial charge in [-0.3, -0.25) is 33.6 Å². The van der Waals surface area contributed by atoms with E-state index in [-0.39, 0.29) is 82.1 Å². The molecule has 62 heavy (non-hydrogen) atoms. The number of ether oxygens (including phenoxy) is 2. The Morgan fingerprint density at radius 2 is 1.10 bits per heavy atom. The smallest absolute Gasteiger partial charge is 0.408 e. The Balaban J connectivity index is 0.000000505. The van der Waals surface area contributed by atoms with Gasteiger partial charge >= 0.3 is 18.2 Å². The topological polar surface area (TPSA) is 316 Å². The molecule has 20 nitrogen and oxygen atoms in total. The number of hydrogen-bond acceptors (Lipinski definition) is 14. The monoisotopic (exact) mass is 869 g/mol. The van der Waals surface area contributed by atoms with Gasteiger partial charge in [0.05, 0.1) is 12.1 Å². The molecule has 0 spiro atoms. The molecule has 7 amide bonds. The molecule has 340 valence electrons. The van der Waals surface area contributed by atoms with Gasteiger partial charge in [0.15, 0.2) is 11.6 Å². The van der Waals surface area contributed by atoms with Crippen molar-refractivity contribution in [3.8, 4) is 0 Å². The SMILES string of the molecule is CC(=O)ON1C(=O)CCC1=O.CCCC(=O)NCCCC(=O)[C@H](CCC(N)=O)NC(=O)OCc1ccccc1.NCCCC(=O)[C@H](CCC(N)=O)NC(=O)OCc1ccccc1. The molecular weight excluding hydrogens is 810 g/mol. The van der Waals surface area contributed by atoms with Crippen LogP contribution < -0.4 is 33.2 Å². The van der Waals surface area contributed by atoms with Crippen LogP contribution in [0.3, 0.4) is 0 Å². The highest BCUT2D eigenvalue weighted by Gasteiger charge is 2.32. The zero-order chi connectivity index (χ0) is 46.3. The second-order valence-corrected chi connectivity index (χ2v) is 13.7. The maximum Gasteiger partial charge on any atom is 0.408 e. The number of alkyl carbamates (subject to hydrolysis) is 2. The largest absolute Gasteiger partial charge is 0.445 e. The molecule has 20 heteroatoms. The lowest BCUT2D eigenvalue weighted by molar-refractivity contribution is -0.195. The fraction of sp³-hybridized carbons (Fsp3) is 0.476. The van der Waals surface area contributed by atoms with Crippen molar-refractivity contribution < 1.29 is 62.3 Å². The zero-order valence-corrected chi connectivity index (χ0v) is 35.2. The van der Waals surface area contributed by atoms with Gasteiger partial charge in [0.1, 0.15) is 13.2 Å². The Labute approximate surface area is 360 Å². The highest BCUT2D eigenvalue weighted by molar-refractivity contribution is 6.01. The third-order valence-electron chi connectivity index (χ3n) is 8.40. The quantitative estimate of drug-likeness (QED) is 0.0652. The predicted octanol–water partition coefficient (Wildman–Crippen LogP) is 2.28. The number of Topliss-reactive ketones (excluding diaryl/α,β-unsaturated/α-hetero) is 2. The molecule has 0 aromatic heterocycles. The molecule has 1 aliphatic heterocycles. The summed E-state index contributed by atoms with van der Waals surface area (Å²) >= 11 is 0. The fourth-order valence-corrected chi connectivity index (χ4v) is 5.23. The van der Waals surface area contributed by atoms with Crippen molar-refractivity contribution in [2.24, 2.45) is 17.2 Å². The summed E-state index contributed by atoms with van der Waals surface area (Å²) in [5.74, 6) is -3.12. The van der Waals surface area contributed by atoms with Gasteiger partial charge in [0.2, 0.25) is 17.7 Å². The van der Waals surface area contributed by atoms with Gasteiger partial charge < -0.3 is 47.5 Å². The lowest BCUT2D eigenvalue weighted by Crippen LogP contribution is -2.42. The van der Waals surface area contributed by atoms with Crippen LogP contribution in [-0.2, 0) is 65.9 Å². The average molecular weight is 870 g/mol. The van der Waals surface area contributed by atoms with Crippen molar-refractivity contribution in [2.75, 3.05) is 13.1 Å². The minimum Gasteiger partial charge on any atom is -0.445 e. The Kier molecular flexibility index (Phi) is 26.8. The van der Waals surface area contributed by atoms with Gasteiger partial charge in [0, 0.05) is 58.4 Å². The molecule has 0 radical (unpaired) electrons. The summed E-state index contributed by atoms with van der Waals surface area (Å²) < 4.78 is 10.2. The van der Waals surface area contributed by atoms with Crippen LogP contribution in [0.4, 0.5) is 9.59 Å². The molecule has 1 heterocycles. The first-order chi connectivity index (χ1) is 29.6. The van der Waals surface area contributed by atoms with E-state index >= 15 is 0 Å². The maximum absolute atomic E-state index is 12.4. The lowest BCUT2D eigenvalue weighted by Gasteiger charge is -2.17. The molecule has 2 aromatic rings. The third-order valence-corrected chi connectivity index (χ3v) is 8.40. The Morgan fingerprint density at radius 3 is 1.48 bits per heavy atom. The van der Waals surface area contributed by atoms with Crippen molar-refractivity contribution in [1.29, 1.82) is 0 Å². The van der Waals surface area contributed by atoms with Gasteiger partial charge in [-0.05, 0) is 49.8 Å². The summed E-state index contributed by atoms with van der Waals surface area (Å²) in [6, 6.07) is 16.7. The molecule has 9 N–H and O–H groups in total. The molecule has 0 aliphatic carbocycles. The zero-order valence-electron chi connectivity index (χ0n) is 35.2. The van der Waals surface area contributed by atoms with Crippen LogP contribution in [0, 0.1) is 0 Å². The number of amides is 7. The van der Waals surface area contributed by atoms with Crippen molar-refractivity contribution in [3.63, 3.8) is 0 Å². The van der Waals surface area contributed by atoms with E-state index in [2.05, 4.69) is 20.8 Å². The summed E-state index contributed by atoms with van der Waals surface area (Å²) in [5.41, 5.74) is 17.3. The lowest BCUT2D eigenvalue weighted by atomic mass is 10.0. The number of benzene rings is 2. The van der Waals surface area contributed by atoms with E-state index in [0.29, 0.717) is 37.4 Å². The van der Waals surface area contributed by atoms with Crippen LogP contribution in [0.1, 0.15) is 102 Å². The fourth-order valence-electron chi connectivity index (χ4n) is 5.23. The van der Waals surface area contributed by atoms with Crippen LogP contribution in [-0.4, -0.2) is 89.5 Å². The van der Waals surface area contributed by atoms with Gasteiger partial charge in [-0.1, -0.05) is 67.6 Å². The predicted molar refractivity (Wildman–Crippen MR) is 222 cm³/mol. The molecular formula is C42H59N7O13. The van der Waals surface area contributed by atoms with E-state index in [9.17, 15) is 47.9 Å². The van der Waals surface area contributed by atoms with Gasteiger partial charge in [-0.2, -0.15) is 0 Å². The van der Waals surface area contributed by atoms with E-state index in [1.807, 2.05) is 67.6 Å². The van der Waals surface area contributed by atoms with Crippen molar-refractivity contribution in [2.45, 2.75) is 116 Å². The number of primary amides is 2.